The lowest BCUT2D eigenvalue weighted by molar-refractivity contribution is -0.151. The molecule has 27 heavy (non-hydrogen) atoms. The number of amides is 1. The fourth-order valence-electron chi connectivity index (χ4n) is 3.38. The Labute approximate surface area is 161 Å². The number of hydrogen-bond acceptors (Lipinski definition) is 6. The molecule has 1 amide bonds. The summed E-state index contributed by atoms with van der Waals surface area (Å²) in [6, 6.07) is 6.66. The molecule has 0 fully saturated rings. The van der Waals surface area contributed by atoms with Gasteiger partial charge < -0.3 is 20.5 Å². The van der Waals surface area contributed by atoms with E-state index in [2.05, 4.69) is 5.32 Å². The van der Waals surface area contributed by atoms with E-state index in [0.29, 0.717) is 16.3 Å². The molecular weight excluding hydrogens is 370 g/mol. The van der Waals surface area contributed by atoms with Crippen LogP contribution in [0.15, 0.2) is 41.0 Å². The number of carbonyl (C=O) groups excluding carboxylic acids is 2. The van der Waals surface area contributed by atoms with E-state index in [9.17, 15) is 14.9 Å². The first-order valence-corrected chi connectivity index (χ1v) is 8.54. The van der Waals surface area contributed by atoms with E-state index < -0.39 is 22.9 Å². The van der Waals surface area contributed by atoms with Gasteiger partial charge in [0.15, 0.2) is 5.41 Å². The number of rotatable bonds is 1. The normalized spacial score (nSPS) is 21.6. The zero-order valence-electron chi connectivity index (χ0n) is 15.3. The number of allylic oxidation sites excluding steroid dienone is 1. The van der Waals surface area contributed by atoms with E-state index in [1.54, 1.807) is 32.9 Å². The Balaban J connectivity index is 2.36. The lowest BCUT2D eigenvalue weighted by atomic mass is 9.68. The van der Waals surface area contributed by atoms with E-state index in [0.717, 1.165) is 0 Å². The quantitative estimate of drug-likeness (QED) is 0.716. The van der Waals surface area contributed by atoms with Gasteiger partial charge >= 0.3 is 5.97 Å². The minimum Gasteiger partial charge on any atom is -0.456 e. The molecular formula is C19H18ClN3O4. The van der Waals surface area contributed by atoms with Crippen molar-refractivity contribution in [1.82, 2.24) is 0 Å². The lowest BCUT2D eigenvalue weighted by Crippen LogP contribution is -2.46. The Hall–Kier alpha value is -2.98. The van der Waals surface area contributed by atoms with E-state index in [1.165, 1.54) is 13.0 Å². The molecule has 0 aromatic heterocycles. The van der Waals surface area contributed by atoms with Crippen LogP contribution >= 0.6 is 11.6 Å². The Kier molecular flexibility index (Phi) is 4.20. The molecule has 0 saturated heterocycles. The summed E-state index contributed by atoms with van der Waals surface area (Å²) in [5.74, 6) is -1.53. The summed E-state index contributed by atoms with van der Waals surface area (Å²) in [5, 5.41) is 12.8. The number of nitrogens with one attached hydrogen (secondary N) is 1. The van der Waals surface area contributed by atoms with Crippen molar-refractivity contribution >= 4 is 29.2 Å². The Morgan fingerprint density at radius 1 is 1.41 bits per heavy atom. The van der Waals surface area contributed by atoms with Gasteiger partial charge in [-0.05, 0) is 45.9 Å². The van der Waals surface area contributed by atoms with Gasteiger partial charge in [-0.15, -0.1) is 0 Å². The van der Waals surface area contributed by atoms with Crippen molar-refractivity contribution in [1.29, 1.82) is 5.26 Å². The van der Waals surface area contributed by atoms with Crippen LogP contribution in [-0.4, -0.2) is 17.5 Å². The third kappa shape index (κ3) is 2.73. The first kappa shape index (κ1) is 18.8. The molecule has 1 unspecified atom stereocenters. The third-order valence-corrected chi connectivity index (χ3v) is 4.54. The molecule has 0 aliphatic carbocycles. The van der Waals surface area contributed by atoms with Crippen LogP contribution in [0.3, 0.4) is 0 Å². The third-order valence-electron chi connectivity index (χ3n) is 4.30. The van der Waals surface area contributed by atoms with Crippen molar-refractivity contribution in [2.45, 2.75) is 38.7 Å². The number of anilines is 1. The Bertz CT molecular complexity index is 982. The predicted molar refractivity (Wildman–Crippen MR) is 98.2 cm³/mol. The maximum absolute atomic E-state index is 13.2. The second-order valence-corrected chi connectivity index (χ2v) is 7.72. The van der Waals surface area contributed by atoms with Crippen molar-refractivity contribution < 1.29 is 19.1 Å². The second-order valence-electron chi connectivity index (χ2n) is 7.28. The highest BCUT2D eigenvalue weighted by molar-refractivity contribution is 6.31. The van der Waals surface area contributed by atoms with Crippen LogP contribution in [0.25, 0.3) is 0 Å². The number of esters is 1. The molecule has 0 radical (unpaired) electrons. The van der Waals surface area contributed by atoms with Crippen LogP contribution in [0.1, 0.15) is 33.3 Å². The molecule has 0 bridgehead atoms. The van der Waals surface area contributed by atoms with Gasteiger partial charge in [0.1, 0.15) is 28.6 Å². The highest BCUT2D eigenvalue weighted by Gasteiger charge is 2.60. The summed E-state index contributed by atoms with van der Waals surface area (Å²) >= 11 is 6.14. The second kappa shape index (κ2) is 6.03. The molecule has 3 rings (SSSR count). The van der Waals surface area contributed by atoms with Gasteiger partial charge in [0.25, 0.3) is 0 Å². The van der Waals surface area contributed by atoms with Gasteiger partial charge in [0.2, 0.25) is 11.8 Å². The van der Waals surface area contributed by atoms with Crippen LogP contribution in [0, 0.1) is 11.3 Å². The average Bonchev–Trinajstić information content (AvgIpc) is 2.79. The van der Waals surface area contributed by atoms with Gasteiger partial charge in [-0.2, -0.15) is 5.26 Å². The first-order chi connectivity index (χ1) is 12.5. The summed E-state index contributed by atoms with van der Waals surface area (Å²) in [7, 11) is 0. The highest BCUT2D eigenvalue weighted by atomic mass is 35.5. The molecule has 1 aromatic carbocycles. The minimum absolute atomic E-state index is 0.0868. The molecule has 8 heteroatoms. The van der Waals surface area contributed by atoms with Gasteiger partial charge in [0.05, 0.1) is 0 Å². The number of carbonyl (C=O) groups is 2. The molecule has 2 aliphatic rings. The lowest BCUT2D eigenvalue weighted by Gasteiger charge is -2.35. The van der Waals surface area contributed by atoms with Crippen molar-refractivity contribution in [3.8, 4) is 6.07 Å². The van der Waals surface area contributed by atoms with Crippen molar-refractivity contribution in [2.75, 3.05) is 5.32 Å². The summed E-state index contributed by atoms with van der Waals surface area (Å²) in [6.45, 7) is 6.60. The number of fused-ring (bicyclic) bond motifs is 2. The van der Waals surface area contributed by atoms with Gasteiger partial charge in [-0.3, -0.25) is 4.79 Å². The first-order valence-electron chi connectivity index (χ1n) is 8.16. The van der Waals surface area contributed by atoms with Crippen molar-refractivity contribution in [3.05, 3.63) is 51.6 Å². The number of benzene rings is 1. The van der Waals surface area contributed by atoms with E-state index in [-0.39, 0.29) is 22.8 Å². The van der Waals surface area contributed by atoms with Crippen LogP contribution in [0.4, 0.5) is 5.69 Å². The van der Waals surface area contributed by atoms with E-state index >= 15 is 0 Å². The smallest absolute Gasteiger partial charge is 0.339 e. The molecule has 140 valence electrons. The van der Waals surface area contributed by atoms with E-state index in [1.807, 2.05) is 6.07 Å². The molecule has 0 saturated carbocycles. The van der Waals surface area contributed by atoms with Gasteiger partial charge in [-0.25, -0.2) is 4.79 Å². The molecule has 3 N–H and O–H groups in total. The largest absolute Gasteiger partial charge is 0.456 e. The molecule has 2 aliphatic heterocycles. The monoisotopic (exact) mass is 387 g/mol. The number of nitriles is 1. The van der Waals surface area contributed by atoms with Crippen LogP contribution in [-0.2, 0) is 24.5 Å². The number of nitrogens with two attached hydrogens (primary N) is 1. The number of nitrogens with zero attached hydrogens (tertiary/aromatic N) is 1. The van der Waals surface area contributed by atoms with Gasteiger partial charge in [-0.1, -0.05) is 11.6 Å². The standard InChI is InChI=1S/C19H18ClN3O4/c1-9-14(16(24)27-18(2,3)4)19(12(8-21)15(22)26-9)11-7-10(20)5-6-13(11)23-17(19)25/h5-7H,22H2,1-4H3,(H,23,25). The van der Waals surface area contributed by atoms with Crippen molar-refractivity contribution in [2.24, 2.45) is 5.73 Å². The SMILES string of the molecule is CC1=C(C(=O)OC(C)(C)C)C2(C(=O)Nc3ccc(Cl)cc32)C(C#N)=C(N)O1. The maximum Gasteiger partial charge on any atom is 0.339 e. The Morgan fingerprint density at radius 2 is 2.07 bits per heavy atom. The summed E-state index contributed by atoms with van der Waals surface area (Å²) in [6.07, 6.45) is 0. The van der Waals surface area contributed by atoms with E-state index in [4.69, 9.17) is 26.8 Å². The molecule has 1 spiro atoms. The fraction of sp³-hybridized carbons (Fsp3) is 0.316. The minimum atomic E-state index is -1.79. The molecule has 2 heterocycles. The number of hydrogen-bond donors (Lipinski definition) is 2. The van der Waals surface area contributed by atoms with Crippen LogP contribution < -0.4 is 11.1 Å². The van der Waals surface area contributed by atoms with Crippen LogP contribution in [0.5, 0.6) is 0 Å². The van der Waals surface area contributed by atoms with Crippen LogP contribution in [0.2, 0.25) is 5.02 Å². The zero-order chi connectivity index (χ0) is 20.1. The number of ether oxygens (including phenoxy) is 2. The molecule has 1 atom stereocenters. The fourth-order valence-corrected chi connectivity index (χ4v) is 3.55. The molecule has 1 aromatic rings. The Morgan fingerprint density at radius 3 is 2.67 bits per heavy atom. The van der Waals surface area contributed by atoms with Gasteiger partial charge in [0, 0.05) is 16.3 Å². The summed E-state index contributed by atoms with van der Waals surface area (Å²) < 4.78 is 10.9. The predicted octanol–water partition coefficient (Wildman–Crippen LogP) is 2.87. The summed E-state index contributed by atoms with van der Waals surface area (Å²) in [5.41, 5.74) is 3.81. The zero-order valence-corrected chi connectivity index (χ0v) is 16.0. The summed E-state index contributed by atoms with van der Waals surface area (Å²) in [4.78, 5) is 26.2. The topological polar surface area (TPSA) is 114 Å². The highest BCUT2D eigenvalue weighted by Crippen LogP contribution is 2.52. The van der Waals surface area contributed by atoms with Crippen molar-refractivity contribution in [3.63, 3.8) is 0 Å². The average molecular weight is 388 g/mol. The number of halogens is 1. The maximum atomic E-state index is 13.2. The molecule has 7 nitrogen and oxygen atoms in total.